The lowest BCUT2D eigenvalue weighted by Gasteiger charge is -2.14. The predicted octanol–water partition coefficient (Wildman–Crippen LogP) is 5.14. The third-order valence-corrected chi connectivity index (χ3v) is 3.87. The van der Waals surface area contributed by atoms with Crippen LogP contribution in [0.2, 0.25) is 10.0 Å². The Kier molecular flexibility index (Phi) is 4.85. The molecule has 0 amide bonds. The molecule has 0 radical (unpaired) electrons. The number of rotatable bonds is 3. The van der Waals surface area contributed by atoms with Gasteiger partial charge in [-0.15, -0.1) is 0 Å². The highest BCUT2D eigenvalue weighted by atomic mass is 79.9. The van der Waals surface area contributed by atoms with E-state index in [0.29, 0.717) is 22.0 Å². The molecule has 1 unspecified atom stereocenters. The Balaban J connectivity index is 2.23. The minimum atomic E-state index is -0.365. The molecule has 1 nitrogen and oxygen atoms in total. The van der Waals surface area contributed by atoms with Gasteiger partial charge in [-0.1, -0.05) is 51.3 Å². The van der Waals surface area contributed by atoms with E-state index in [1.807, 2.05) is 12.1 Å². The van der Waals surface area contributed by atoms with Gasteiger partial charge in [0.25, 0.3) is 0 Å². The summed E-state index contributed by atoms with van der Waals surface area (Å²) in [5, 5.41) is 0.938. The van der Waals surface area contributed by atoms with Crippen LogP contribution < -0.4 is 5.73 Å². The highest BCUT2D eigenvalue weighted by Gasteiger charge is 2.13. The van der Waals surface area contributed by atoms with Crippen molar-refractivity contribution in [3.05, 3.63) is 67.9 Å². The van der Waals surface area contributed by atoms with Gasteiger partial charge in [-0.05, 0) is 41.8 Å². The molecule has 0 fully saturated rings. The number of halogens is 4. The molecule has 2 rings (SSSR count). The molecule has 0 aromatic heterocycles. The molecule has 0 heterocycles. The maximum atomic E-state index is 13.7. The first-order valence-corrected chi connectivity index (χ1v) is 7.16. The summed E-state index contributed by atoms with van der Waals surface area (Å²) in [5.74, 6) is -0.351. The maximum Gasteiger partial charge on any atom is 0.127 e. The quantitative estimate of drug-likeness (QED) is 0.803. The number of nitrogens with two attached hydrogens (primary N) is 1. The van der Waals surface area contributed by atoms with Crippen LogP contribution in [0.5, 0.6) is 0 Å². The van der Waals surface area contributed by atoms with E-state index in [1.165, 1.54) is 6.07 Å². The molecule has 0 saturated heterocycles. The molecule has 5 heteroatoms. The van der Waals surface area contributed by atoms with E-state index in [9.17, 15) is 4.39 Å². The van der Waals surface area contributed by atoms with Crippen molar-refractivity contribution in [2.24, 2.45) is 5.73 Å². The summed E-state index contributed by atoms with van der Waals surface area (Å²) in [6.45, 7) is 0. The van der Waals surface area contributed by atoms with E-state index >= 15 is 0 Å². The van der Waals surface area contributed by atoms with E-state index in [-0.39, 0.29) is 11.9 Å². The van der Waals surface area contributed by atoms with E-state index in [0.717, 1.165) is 10.0 Å². The maximum absolute atomic E-state index is 13.7. The summed E-state index contributed by atoms with van der Waals surface area (Å²) in [7, 11) is 0. The molecule has 0 aliphatic rings. The normalized spacial score (nSPS) is 12.5. The van der Waals surface area contributed by atoms with Gasteiger partial charge in [0.2, 0.25) is 0 Å². The Bertz CT molecular complexity index is 604. The van der Waals surface area contributed by atoms with Crippen LogP contribution in [0.15, 0.2) is 40.9 Å². The van der Waals surface area contributed by atoms with Crippen LogP contribution >= 0.6 is 39.1 Å². The summed E-state index contributed by atoms with van der Waals surface area (Å²) in [4.78, 5) is 0. The lowest BCUT2D eigenvalue weighted by atomic mass is 9.99. The van der Waals surface area contributed by atoms with Gasteiger partial charge in [-0.3, -0.25) is 0 Å². The van der Waals surface area contributed by atoms with E-state index in [1.54, 1.807) is 18.2 Å². The van der Waals surface area contributed by atoms with E-state index < -0.39 is 0 Å². The van der Waals surface area contributed by atoms with E-state index in [4.69, 9.17) is 28.9 Å². The molecule has 2 aromatic rings. The van der Waals surface area contributed by atoms with Crippen molar-refractivity contribution in [3.8, 4) is 0 Å². The molecule has 100 valence electrons. The average molecular weight is 363 g/mol. The highest BCUT2D eigenvalue weighted by Crippen LogP contribution is 2.28. The van der Waals surface area contributed by atoms with Gasteiger partial charge in [0.05, 0.1) is 0 Å². The number of benzene rings is 2. The summed E-state index contributed by atoms with van der Waals surface area (Å²) >= 11 is 15.2. The van der Waals surface area contributed by atoms with Crippen molar-refractivity contribution in [2.75, 3.05) is 0 Å². The summed E-state index contributed by atoms with van der Waals surface area (Å²) in [6, 6.07) is 9.68. The fourth-order valence-corrected chi connectivity index (χ4v) is 2.81. The smallest absolute Gasteiger partial charge is 0.127 e. The van der Waals surface area contributed by atoms with Crippen LogP contribution in [0.4, 0.5) is 4.39 Å². The lowest BCUT2D eigenvalue weighted by Crippen LogP contribution is -2.14. The van der Waals surface area contributed by atoms with Gasteiger partial charge in [0, 0.05) is 20.6 Å². The van der Waals surface area contributed by atoms with Crippen molar-refractivity contribution in [1.29, 1.82) is 0 Å². The first-order chi connectivity index (χ1) is 8.97. The second-order valence-corrected chi connectivity index (χ2v) is 5.97. The standard InChI is InChI=1S/C14H11BrCl2FN/c15-9-2-4-11(12(17)6-9)14(19)5-8-1-3-10(16)7-13(8)18/h1-4,6-7,14H,5,19H2. The van der Waals surface area contributed by atoms with Gasteiger partial charge in [0.1, 0.15) is 5.82 Å². The molecular formula is C14H11BrCl2FN. The van der Waals surface area contributed by atoms with Crippen LogP contribution in [-0.4, -0.2) is 0 Å². The first kappa shape index (κ1) is 14.8. The minimum Gasteiger partial charge on any atom is -0.324 e. The molecular weight excluding hydrogens is 352 g/mol. The molecule has 0 saturated carbocycles. The van der Waals surface area contributed by atoms with Gasteiger partial charge >= 0.3 is 0 Å². The Morgan fingerprint density at radius 2 is 1.89 bits per heavy atom. The summed E-state index contributed by atoms with van der Waals surface area (Å²) < 4.78 is 14.6. The Labute approximate surface area is 129 Å². The highest BCUT2D eigenvalue weighted by molar-refractivity contribution is 9.10. The predicted molar refractivity (Wildman–Crippen MR) is 81.2 cm³/mol. The molecule has 2 aromatic carbocycles. The summed E-state index contributed by atoms with van der Waals surface area (Å²) in [6.07, 6.45) is 0.365. The molecule has 19 heavy (non-hydrogen) atoms. The van der Waals surface area contributed by atoms with Gasteiger partial charge in [-0.2, -0.15) is 0 Å². The Hall–Kier alpha value is -0.610. The molecule has 2 N–H and O–H groups in total. The topological polar surface area (TPSA) is 26.0 Å². The van der Waals surface area contributed by atoms with Crippen LogP contribution in [0, 0.1) is 5.82 Å². The largest absolute Gasteiger partial charge is 0.324 e. The monoisotopic (exact) mass is 361 g/mol. The SMILES string of the molecule is NC(Cc1ccc(Cl)cc1F)c1ccc(Br)cc1Cl. The molecule has 0 spiro atoms. The minimum absolute atomic E-state index is 0.351. The average Bonchev–Trinajstić information content (AvgIpc) is 2.32. The van der Waals surface area contributed by atoms with Crippen molar-refractivity contribution >= 4 is 39.1 Å². The first-order valence-electron chi connectivity index (χ1n) is 5.62. The van der Waals surface area contributed by atoms with Gasteiger partial charge in [-0.25, -0.2) is 4.39 Å². The molecule has 0 bridgehead atoms. The lowest BCUT2D eigenvalue weighted by molar-refractivity contribution is 0.593. The summed E-state index contributed by atoms with van der Waals surface area (Å²) in [5.41, 5.74) is 7.40. The number of hydrogen-bond acceptors (Lipinski definition) is 1. The van der Waals surface area contributed by atoms with Crippen LogP contribution in [0.1, 0.15) is 17.2 Å². The van der Waals surface area contributed by atoms with Crippen molar-refractivity contribution < 1.29 is 4.39 Å². The van der Waals surface area contributed by atoms with Crippen molar-refractivity contribution in [2.45, 2.75) is 12.5 Å². The second-order valence-electron chi connectivity index (χ2n) is 4.21. The third kappa shape index (κ3) is 3.69. The number of hydrogen-bond donors (Lipinski definition) is 1. The second kappa shape index (κ2) is 6.23. The molecule has 0 aliphatic heterocycles. The van der Waals surface area contributed by atoms with Crippen LogP contribution in [0.3, 0.4) is 0 Å². The van der Waals surface area contributed by atoms with Crippen molar-refractivity contribution in [1.82, 2.24) is 0 Å². The van der Waals surface area contributed by atoms with Gasteiger partial charge < -0.3 is 5.73 Å². The Morgan fingerprint density at radius 3 is 2.53 bits per heavy atom. The fraction of sp³-hybridized carbons (Fsp3) is 0.143. The Morgan fingerprint density at radius 1 is 1.16 bits per heavy atom. The van der Waals surface area contributed by atoms with E-state index in [2.05, 4.69) is 15.9 Å². The molecule has 1 atom stereocenters. The molecule has 0 aliphatic carbocycles. The van der Waals surface area contributed by atoms with Crippen molar-refractivity contribution in [3.63, 3.8) is 0 Å². The third-order valence-electron chi connectivity index (χ3n) is 2.82. The van der Waals surface area contributed by atoms with Gasteiger partial charge in [0.15, 0.2) is 0 Å². The van der Waals surface area contributed by atoms with Crippen LogP contribution in [0.25, 0.3) is 0 Å². The zero-order valence-corrected chi connectivity index (χ0v) is 12.9. The fourth-order valence-electron chi connectivity index (χ4n) is 1.84. The zero-order valence-electron chi connectivity index (χ0n) is 9.84. The van der Waals surface area contributed by atoms with Crippen LogP contribution in [-0.2, 0) is 6.42 Å². The zero-order chi connectivity index (χ0) is 14.0.